The van der Waals surface area contributed by atoms with E-state index < -0.39 is 6.10 Å². The van der Waals surface area contributed by atoms with Crippen LogP contribution in [0.25, 0.3) is 0 Å². The average Bonchev–Trinajstić information content (AvgIpc) is 3.04. The number of hydrogen-bond acceptors (Lipinski definition) is 5. The van der Waals surface area contributed by atoms with E-state index in [1.807, 2.05) is 0 Å². The van der Waals surface area contributed by atoms with E-state index >= 15 is 0 Å². The maximum atomic E-state index is 12.2. The van der Waals surface area contributed by atoms with Gasteiger partial charge in [0, 0.05) is 12.8 Å². The van der Waals surface area contributed by atoms with Gasteiger partial charge < -0.3 is 14.6 Å². The Bertz CT molecular complexity index is 634. The summed E-state index contributed by atoms with van der Waals surface area (Å²) in [6.45, 7) is 6.51. The summed E-state index contributed by atoms with van der Waals surface area (Å²) in [5.41, 5.74) is 0. The molecule has 1 atom stereocenters. The van der Waals surface area contributed by atoms with Gasteiger partial charge in [0.1, 0.15) is 6.61 Å². The first kappa shape index (κ1) is 44.9. The number of unbranched alkanes of at least 4 members (excludes halogenated alkanes) is 27. The Morgan fingerprint density at radius 2 is 0.804 bits per heavy atom. The van der Waals surface area contributed by atoms with E-state index in [9.17, 15) is 14.7 Å². The number of carbonyl (C=O) groups excluding carboxylic acids is 2. The van der Waals surface area contributed by atoms with Gasteiger partial charge in [0.05, 0.1) is 6.61 Å². The molecule has 5 nitrogen and oxygen atoms in total. The normalized spacial score (nSPS) is 12.1. The zero-order valence-electron chi connectivity index (χ0n) is 31.3. The number of esters is 2. The topological polar surface area (TPSA) is 72.8 Å². The van der Waals surface area contributed by atoms with Gasteiger partial charge in [0.15, 0.2) is 6.10 Å². The lowest BCUT2D eigenvalue weighted by Gasteiger charge is -2.15. The van der Waals surface area contributed by atoms with Crippen LogP contribution in [0.3, 0.4) is 0 Å². The zero-order chi connectivity index (χ0) is 33.8. The highest BCUT2D eigenvalue weighted by Crippen LogP contribution is 2.16. The lowest BCUT2D eigenvalue weighted by atomic mass is 10.0. The van der Waals surface area contributed by atoms with Crippen molar-refractivity contribution in [2.45, 2.75) is 232 Å². The summed E-state index contributed by atoms with van der Waals surface area (Å²) >= 11 is 0. The maximum Gasteiger partial charge on any atom is 0.306 e. The molecule has 0 unspecified atom stereocenters. The van der Waals surface area contributed by atoms with Gasteiger partial charge in [-0.1, -0.05) is 201 Å². The van der Waals surface area contributed by atoms with Crippen molar-refractivity contribution in [1.29, 1.82) is 0 Å². The molecule has 0 radical (unpaired) electrons. The van der Waals surface area contributed by atoms with Gasteiger partial charge in [-0.2, -0.15) is 0 Å². The van der Waals surface area contributed by atoms with Crippen molar-refractivity contribution < 1.29 is 24.2 Å². The molecule has 0 fully saturated rings. The number of rotatable bonds is 37. The molecule has 0 heterocycles. The molecule has 46 heavy (non-hydrogen) atoms. The van der Waals surface area contributed by atoms with Gasteiger partial charge in [-0.25, -0.2) is 0 Å². The van der Waals surface area contributed by atoms with Crippen LogP contribution in [-0.4, -0.2) is 36.4 Å². The molecule has 0 saturated carbocycles. The summed E-state index contributed by atoms with van der Waals surface area (Å²) in [7, 11) is 0. The Kier molecular flexibility index (Phi) is 35.9. The quantitative estimate of drug-likeness (QED) is 0.0534. The maximum absolute atomic E-state index is 12.2. The number of carbonyl (C=O) groups is 2. The molecule has 0 saturated heterocycles. The van der Waals surface area contributed by atoms with Gasteiger partial charge in [-0.15, -0.1) is 0 Å². The minimum atomic E-state index is -0.762. The van der Waals surface area contributed by atoms with Crippen LogP contribution in [0.1, 0.15) is 226 Å². The number of ether oxygens (including phenoxy) is 2. The summed E-state index contributed by atoms with van der Waals surface area (Å²) in [4.78, 5) is 24.3. The van der Waals surface area contributed by atoms with Crippen LogP contribution in [-0.2, 0) is 19.1 Å². The van der Waals surface area contributed by atoms with Gasteiger partial charge >= 0.3 is 11.9 Å². The van der Waals surface area contributed by atoms with Crippen molar-refractivity contribution in [3.8, 4) is 0 Å². The highest BCUT2D eigenvalue weighted by Gasteiger charge is 2.16. The van der Waals surface area contributed by atoms with Crippen molar-refractivity contribution >= 4 is 11.9 Å². The molecule has 1 N–H and O–H groups in total. The predicted molar refractivity (Wildman–Crippen MR) is 196 cm³/mol. The molecule has 5 heteroatoms. The highest BCUT2D eigenvalue weighted by atomic mass is 16.6. The molecule has 274 valence electrons. The molecule has 0 aliphatic heterocycles. The summed E-state index contributed by atoms with van der Waals surface area (Å²) in [6, 6.07) is 0. The summed E-state index contributed by atoms with van der Waals surface area (Å²) in [6.07, 6.45) is 38.8. The molecule has 0 aliphatic rings. The molecule has 0 aromatic rings. The third-order valence-corrected chi connectivity index (χ3v) is 9.33. The fourth-order valence-corrected chi connectivity index (χ4v) is 6.21. The van der Waals surface area contributed by atoms with E-state index in [1.54, 1.807) is 0 Å². The second-order valence-electron chi connectivity index (χ2n) is 14.6. The van der Waals surface area contributed by atoms with E-state index in [-0.39, 0.29) is 25.2 Å². The summed E-state index contributed by atoms with van der Waals surface area (Å²) in [5, 5.41) is 9.56. The molecular formula is C41H80O5. The second-order valence-corrected chi connectivity index (χ2v) is 14.6. The zero-order valence-corrected chi connectivity index (χ0v) is 31.3. The van der Waals surface area contributed by atoms with Crippen molar-refractivity contribution in [3.63, 3.8) is 0 Å². The van der Waals surface area contributed by atoms with Crippen LogP contribution in [0.4, 0.5) is 0 Å². The lowest BCUT2D eigenvalue weighted by Crippen LogP contribution is -2.28. The minimum Gasteiger partial charge on any atom is -0.462 e. The molecular weight excluding hydrogens is 572 g/mol. The second kappa shape index (κ2) is 36.7. The highest BCUT2D eigenvalue weighted by molar-refractivity contribution is 5.70. The number of aliphatic hydroxyl groups is 1. The lowest BCUT2D eigenvalue weighted by molar-refractivity contribution is -0.161. The van der Waals surface area contributed by atoms with Crippen LogP contribution >= 0.6 is 0 Å². The van der Waals surface area contributed by atoms with E-state index in [4.69, 9.17) is 9.47 Å². The van der Waals surface area contributed by atoms with E-state index in [2.05, 4.69) is 20.8 Å². The molecule has 0 bridgehead atoms. The third-order valence-electron chi connectivity index (χ3n) is 9.33. The Morgan fingerprint density at radius 3 is 1.15 bits per heavy atom. The van der Waals surface area contributed by atoms with Gasteiger partial charge in [-0.05, 0) is 18.8 Å². The van der Waals surface area contributed by atoms with Crippen molar-refractivity contribution in [3.05, 3.63) is 0 Å². The van der Waals surface area contributed by atoms with E-state index in [0.29, 0.717) is 12.8 Å². The Balaban J connectivity index is 3.49. The summed E-state index contributed by atoms with van der Waals surface area (Å²) < 4.78 is 10.6. The first-order valence-corrected chi connectivity index (χ1v) is 20.5. The predicted octanol–water partition coefficient (Wildman–Crippen LogP) is 12.6. The van der Waals surface area contributed by atoms with Gasteiger partial charge in [0.2, 0.25) is 0 Å². The molecule has 0 aliphatic carbocycles. The van der Waals surface area contributed by atoms with Crippen molar-refractivity contribution in [2.75, 3.05) is 13.2 Å². The van der Waals surface area contributed by atoms with Crippen LogP contribution in [0.5, 0.6) is 0 Å². The minimum absolute atomic E-state index is 0.0577. The van der Waals surface area contributed by atoms with E-state index in [1.165, 1.54) is 161 Å². The smallest absolute Gasteiger partial charge is 0.306 e. The SMILES string of the molecule is CCCCCCCCCCCCCCCCCCCC(=O)O[C@@H](CO)COC(=O)CCCCCCCCCCCCCCC(C)C. The molecule has 0 aromatic heterocycles. The first-order valence-electron chi connectivity index (χ1n) is 20.5. The fraction of sp³-hybridized carbons (Fsp3) is 0.951. The van der Waals surface area contributed by atoms with Crippen LogP contribution < -0.4 is 0 Å². The fourth-order valence-electron chi connectivity index (χ4n) is 6.21. The largest absolute Gasteiger partial charge is 0.462 e. The van der Waals surface area contributed by atoms with Gasteiger partial charge in [-0.3, -0.25) is 9.59 Å². The van der Waals surface area contributed by atoms with Crippen LogP contribution in [0.15, 0.2) is 0 Å². The summed E-state index contributed by atoms with van der Waals surface area (Å²) in [5.74, 6) is 0.266. The number of aliphatic hydroxyl groups excluding tert-OH is 1. The van der Waals surface area contributed by atoms with E-state index in [0.717, 1.165) is 38.0 Å². The molecule has 0 rings (SSSR count). The molecule has 0 aromatic carbocycles. The standard InChI is InChI=1S/C41H80O5/c1-4-5-6-7-8-9-10-11-12-13-14-15-20-23-26-29-32-35-41(44)46-39(36-42)37-45-40(43)34-31-28-25-22-19-17-16-18-21-24-27-30-33-38(2)3/h38-39,42H,4-37H2,1-3H3/t39-/m0/s1. The van der Waals surface area contributed by atoms with Crippen LogP contribution in [0, 0.1) is 5.92 Å². The van der Waals surface area contributed by atoms with Crippen molar-refractivity contribution in [1.82, 2.24) is 0 Å². The van der Waals surface area contributed by atoms with Gasteiger partial charge in [0.25, 0.3) is 0 Å². The Labute approximate surface area is 287 Å². The monoisotopic (exact) mass is 653 g/mol. The third kappa shape index (κ3) is 35.7. The Morgan fingerprint density at radius 1 is 0.478 bits per heavy atom. The first-order chi connectivity index (χ1) is 22.5. The van der Waals surface area contributed by atoms with Crippen molar-refractivity contribution in [2.24, 2.45) is 5.92 Å². The Hall–Kier alpha value is -1.10. The molecule has 0 amide bonds. The average molecular weight is 653 g/mol. The number of hydrogen-bond donors (Lipinski definition) is 1. The molecule has 0 spiro atoms. The van der Waals surface area contributed by atoms with Crippen LogP contribution in [0.2, 0.25) is 0 Å².